The van der Waals surface area contributed by atoms with Gasteiger partial charge in [0, 0.05) is 0 Å². The molecule has 0 radical (unpaired) electrons. The van der Waals surface area contributed by atoms with Gasteiger partial charge in [-0.3, -0.25) is 0 Å². The van der Waals surface area contributed by atoms with Crippen LogP contribution in [0, 0.1) is 11.8 Å². The lowest BCUT2D eigenvalue weighted by atomic mass is 9.99. The van der Waals surface area contributed by atoms with Crippen LogP contribution in [0.3, 0.4) is 0 Å². The smallest absolute Gasteiger partial charge is 0.194 e. The zero-order valence-corrected chi connectivity index (χ0v) is 14.9. The predicted octanol–water partition coefficient (Wildman–Crippen LogP) is 4.34. The van der Waals surface area contributed by atoms with Crippen molar-refractivity contribution in [2.75, 3.05) is 6.61 Å². The van der Waals surface area contributed by atoms with Crippen LogP contribution in [0.4, 0.5) is 0 Å². The monoisotopic (exact) mass is 284 g/mol. The van der Waals surface area contributed by atoms with Crippen LogP contribution in [0.1, 0.15) is 60.3 Å². The van der Waals surface area contributed by atoms with E-state index in [0.717, 1.165) is 12.8 Å². The molecule has 0 saturated carbocycles. The SMILES string of the molecule is CCCCCC(C)(C#CCO)O[Si](C)(C)C(C)(C)C. The molecule has 0 aromatic heterocycles. The Morgan fingerprint density at radius 2 is 1.68 bits per heavy atom. The standard InChI is InChI=1S/C16H32O2Si/c1-8-9-10-12-16(5,13-11-14-17)18-19(6,7)15(2,3)4/h17H,8-10,12,14H2,1-7H3. The van der Waals surface area contributed by atoms with Crippen molar-refractivity contribution in [2.24, 2.45) is 0 Å². The summed E-state index contributed by atoms with van der Waals surface area (Å²) in [6.07, 6.45) is 4.48. The molecule has 1 atom stereocenters. The first-order chi connectivity index (χ1) is 8.58. The molecule has 3 heteroatoms. The molecule has 0 aliphatic carbocycles. The zero-order chi connectivity index (χ0) is 15.2. The van der Waals surface area contributed by atoms with E-state index in [0.29, 0.717) is 0 Å². The molecule has 0 amide bonds. The molecule has 0 aromatic carbocycles. The van der Waals surface area contributed by atoms with E-state index in [9.17, 15) is 0 Å². The molecule has 0 rings (SSSR count). The third-order valence-corrected chi connectivity index (χ3v) is 8.55. The second-order valence-electron chi connectivity index (χ2n) is 7.01. The maximum atomic E-state index is 8.94. The zero-order valence-electron chi connectivity index (χ0n) is 13.9. The fourth-order valence-electron chi connectivity index (χ4n) is 1.79. The van der Waals surface area contributed by atoms with Crippen LogP contribution in [0.2, 0.25) is 18.1 Å². The summed E-state index contributed by atoms with van der Waals surface area (Å²) in [5.74, 6) is 5.94. The molecule has 2 nitrogen and oxygen atoms in total. The maximum absolute atomic E-state index is 8.94. The maximum Gasteiger partial charge on any atom is 0.194 e. The van der Waals surface area contributed by atoms with E-state index in [1.807, 2.05) is 0 Å². The van der Waals surface area contributed by atoms with Gasteiger partial charge in [-0.25, -0.2) is 0 Å². The van der Waals surface area contributed by atoms with E-state index in [1.165, 1.54) is 12.8 Å². The summed E-state index contributed by atoms with van der Waals surface area (Å²) in [6.45, 7) is 15.4. The Morgan fingerprint density at radius 1 is 1.11 bits per heavy atom. The van der Waals surface area contributed by atoms with E-state index in [2.05, 4.69) is 59.6 Å². The van der Waals surface area contributed by atoms with Crippen LogP contribution in [0.15, 0.2) is 0 Å². The van der Waals surface area contributed by atoms with Gasteiger partial charge in [0.2, 0.25) is 0 Å². The van der Waals surface area contributed by atoms with Crippen molar-refractivity contribution in [2.45, 2.75) is 84.0 Å². The minimum Gasteiger partial charge on any atom is -0.401 e. The largest absolute Gasteiger partial charge is 0.401 e. The fraction of sp³-hybridized carbons (Fsp3) is 0.875. The fourth-order valence-corrected chi connectivity index (χ4v) is 3.38. The van der Waals surface area contributed by atoms with Gasteiger partial charge in [-0.1, -0.05) is 52.4 Å². The van der Waals surface area contributed by atoms with Gasteiger partial charge in [-0.05, 0) is 37.9 Å². The normalized spacial score (nSPS) is 15.6. The van der Waals surface area contributed by atoms with E-state index in [-0.39, 0.29) is 11.6 Å². The van der Waals surface area contributed by atoms with E-state index >= 15 is 0 Å². The molecule has 19 heavy (non-hydrogen) atoms. The molecule has 0 bridgehead atoms. The highest BCUT2D eigenvalue weighted by Gasteiger charge is 2.42. The number of aliphatic hydroxyl groups is 1. The molecule has 0 aliphatic rings. The highest BCUT2D eigenvalue weighted by atomic mass is 28.4. The highest BCUT2D eigenvalue weighted by Crippen LogP contribution is 2.40. The average molecular weight is 285 g/mol. The Bertz CT molecular complexity index is 320. The molecule has 1 N–H and O–H groups in total. The van der Waals surface area contributed by atoms with Crippen LogP contribution < -0.4 is 0 Å². The van der Waals surface area contributed by atoms with Crippen LogP contribution in [-0.2, 0) is 4.43 Å². The van der Waals surface area contributed by atoms with Gasteiger partial charge in [0.25, 0.3) is 0 Å². The first-order valence-electron chi connectivity index (χ1n) is 7.39. The number of aliphatic hydroxyl groups excluding tert-OH is 1. The van der Waals surface area contributed by atoms with Gasteiger partial charge in [0.15, 0.2) is 8.32 Å². The molecular weight excluding hydrogens is 252 g/mol. The van der Waals surface area contributed by atoms with Crippen LogP contribution in [0.25, 0.3) is 0 Å². The topological polar surface area (TPSA) is 29.5 Å². The van der Waals surface area contributed by atoms with Crippen molar-refractivity contribution in [1.82, 2.24) is 0 Å². The molecule has 0 spiro atoms. The summed E-state index contributed by atoms with van der Waals surface area (Å²) >= 11 is 0. The molecular formula is C16H32O2Si. The lowest BCUT2D eigenvalue weighted by Gasteiger charge is -2.42. The summed E-state index contributed by atoms with van der Waals surface area (Å²) in [6, 6.07) is 0. The summed E-state index contributed by atoms with van der Waals surface area (Å²) < 4.78 is 6.49. The number of hydrogen-bond acceptors (Lipinski definition) is 2. The Labute approximate surface area is 121 Å². The van der Waals surface area contributed by atoms with Crippen LogP contribution in [-0.4, -0.2) is 25.6 Å². The van der Waals surface area contributed by atoms with Crippen molar-refractivity contribution in [1.29, 1.82) is 0 Å². The number of rotatable bonds is 6. The lowest BCUT2D eigenvalue weighted by Crippen LogP contribution is -2.48. The Kier molecular flexibility index (Phi) is 7.35. The van der Waals surface area contributed by atoms with Crippen molar-refractivity contribution in [3.63, 3.8) is 0 Å². The molecule has 1 unspecified atom stereocenters. The highest BCUT2D eigenvalue weighted by molar-refractivity contribution is 6.74. The van der Waals surface area contributed by atoms with Crippen molar-refractivity contribution >= 4 is 8.32 Å². The van der Waals surface area contributed by atoms with E-state index < -0.39 is 13.9 Å². The molecule has 0 heterocycles. The number of unbranched alkanes of at least 4 members (excludes halogenated alkanes) is 2. The second-order valence-corrected chi connectivity index (χ2v) is 11.7. The molecule has 0 fully saturated rings. The Balaban J connectivity index is 4.95. The first kappa shape index (κ1) is 18.7. The summed E-state index contributed by atoms with van der Waals surface area (Å²) in [4.78, 5) is 0. The van der Waals surface area contributed by atoms with E-state index in [4.69, 9.17) is 9.53 Å². The van der Waals surface area contributed by atoms with Gasteiger partial charge >= 0.3 is 0 Å². The second kappa shape index (κ2) is 7.47. The molecule has 0 aliphatic heterocycles. The minimum absolute atomic E-state index is 0.0930. The van der Waals surface area contributed by atoms with Gasteiger partial charge < -0.3 is 9.53 Å². The number of hydrogen-bond donors (Lipinski definition) is 1. The Morgan fingerprint density at radius 3 is 2.11 bits per heavy atom. The quantitative estimate of drug-likeness (QED) is 0.446. The molecule has 112 valence electrons. The predicted molar refractivity (Wildman–Crippen MR) is 85.7 cm³/mol. The molecule has 0 aromatic rings. The minimum atomic E-state index is -1.83. The van der Waals surface area contributed by atoms with Crippen molar-refractivity contribution in [3.8, 4) is 11.8 Å². The summed E-state index contributed by atoms with van der Waals surface area (Å²) in [7, 11) is -1.83. The van der Waals surface area contributed by atoms with E-state index in [1.54, 1.807) is 0 Å². The van der Waals surface area contributed by atoms with Crippen LogP contribution in [0.5, 0.6) is 0 Å². The van der Waals surface area contributed by atoms with Gasteiger partial charge in [0.05, 0.1) is 0 Å². The molecule has 0 saturated heterocycles. The van der Waals surface area contributed by atoms with Gasteiger partial charge in [0.1, 0.15) is 12.2 Å². The first-order valence-corrected chi connectivity index (χ1v) is 10.3. The van der Waals surface area contributed by atoms with Gasteiger partial charge in [-0.2, -0.15) is 0 Å². The van der Waals surface area contributed by atoms with Crippen molar-refractivity contribution in [3.05, 3.63) is 0 Å². The average Bonchev–Trinajstić information content (AvgIpc) is 2.24. The van der Waals surface area contributed by atoms with Crippen molar-refractivity contribution < 1.29 is 9.53 Å². The van der Waals surface area contributed by atoms with Crippen LogP contribution >= 0.6 is 0 Å². The van der Waals surface area contributed by atoms with Gasteiger partial charge in [-0.15, -0.1) is 0 Å². The summed E-state index contributed by atoms with van der Waals surface area (Å²) in [5.41, 5.74) is -0.416. The lowest BCUT2D eigenvalue weighted by molar-refractivity contribution is 0.118. The third-order valence-electron chi connectivity index (χ3n) is 3.98. The Hall–Kier alpha value is -0.303. The third kappa shape index (κ3) is 6.60. The summed E-state index contributed by atoms with van der Waals surface area (Å²) in [5, 5.41) is 9.12.